The first kappa shape index (κ1) is 15.9. The number of aromatic hydroxyl groups is 1. The molecule has 0 atom stereocenters. The predicted molar refractivity (Wildman–Crippen MR) is 75.0 cm³/mol. The van der Waals surface area contributed by atoms with Crippen molar-refractivity contribution in [2.24, 2.45) is 0 Å². The number of hydrogen-bond acceptors (Lipinski definition) is 3. The number of phenolic OH excluding ortho intramolecular Hbond substituents is 1. The molecule has 0 saturated carbocycles. The number of nitrogens with zero attached hydrogens (tertiary/aromatic N) is 1. The molecule has 5 nitrogen and oxygen atoms in total. The minimum Gasteiger partial charge on any atom is -0.507 e. The topological polar surface area (TPSA) is 74.2 Å². The summed E-state index contributed by atoms with van der Waals surface area (Å²) >= 11 is 5.64. The molecule has 1 aromatic carbocycles. The van der Waals surface area contributed by atoms with Crippen molar-refractivity contribution in [3.8, 4) is 5.75 Å². The fraction of sp³-hybridized carbons (Fsp3) is 0.0769. The highest BCUT2D eigenvalue weighted by Crippen LogP contribution is 2.37. The van der Waals surface area contributed by atoms with Gasteiger partial charge < -0.3 is 15.7 Å². The molecule has 0 bridgehead atoms. The van der Waals surface area contributed by atoms with Gasteiger partial charge in [0, 0.05) is 17.6 Å². The summed E-state index contributed by atoms with van der Waals surface area (Å²) in [6, 6.07) is 4.70. The fourth-order valence-corrected chi connectivity index (χ4v) is 1.79. The van der Waals surface area contributed by atoms with Crippen LogP contribution in [0.2, 0.25) is 5.15 Å². The van der Waals surface area contributed by atoms with Crippen LogP contribution < -0.4 is 10.6 Å². The molecule has 0 unspecified atom stereocenters. The summed E-state index contributed by atoms with van der Waals surface area (Å²) in [6.07, 6.45) is -3.36. The summed E-state index contributed by atoms with van der Waals surface area (Å²) in [5.41, 5.74) is -1.03. The van der Waals surface area contributed by atoms with Gasteiger partial charge in [0.2, 0.25) is 0 Å². The number of nitrogens with one attached hydrogen (secondary N) is 2. The number of carbonyl (C=O) groups excluding carboxylic acids is 1. The smallest absolute Gasteiger partial charge is 0.420 e. The van der Waals surface area contributed by atoms with Crippen LogP contribution in [0.15, 0.2) is 36.5 Å². The second-order valence-corrected chi connectivity index (χ2v) is 4.56. The number of amides is 2. The van der Waals surface area contributed by atoms with Crippen LogP contribution in [0, 0.1) is 0 Å². The van der Waals surface area contributed by atoms with E-state index < -0.39 is 23.5 Å². The molecule has 2 amide bonds. The molecule has 0 spiro atoms. The molecule has 1 heterocycles. The number of pyridine rings is 1. The monoisotopic (exact) mass is 331 g/mol. The maximum Gasteiger partial charge on any atom is 0.420 e. The van der Waals surface area contributed by atoms with Gasteiger partial charge in [0.1, 0.15) is 10.9 Å². The molecule has 3 N–H and O–H groups in total. The van der Waals surface area contributed by atoms with Gasteiger partial charge in [-0.25, -0.2) is 9.78 Å². The lowest BCUT2D eigenvalue weighted by Crippen LogP contribution is -2.19. The van der Waals surface area contributed by atoms with Crippen LogP contribution >= 0.6 is 11.6 Å². The lowest BCUT2D eigenvalue weighted by Gasteiger charge is -2.12. The average Bonchev–Trinajstić information content (AvgIpc) is 2.39. The Balaban J connectivity index is 2.12. The fourth-order valence-electron chi connectivity index (χ4n) is 1.61. The third kappa shape index (κ3) is 4.01. The predicted octanol–water partition coefficient (Wildman–Crippen LogP) is 4.10. The highest BCUT2D eigenvalue weighted by atomic mass is 35.5. The van der Waals surface area contributed by atoms with Crippen LogP contribution in [0.25, 0.3) is 0 Å². The van der Waals surface area contributed by atoms with Gasteiger partial charge in [-0.2, -0.15) is 13.2 Å². The van der Waals surface area contributed by atoms with Crippen molar-refractivity contribution in [2.75, 3.05) is 10.6 Å². The normalized spacial score (nSPS) is 11.1. The first-order valence-electron chi connectivity index (χ1n) is 5.85. The summed E-state index contributed by atoms with van der Waals surface area (Å²) in [5.74, 6) is -0.917. The zero-order valence-corrected chi connectivity index (χ0v) is 11.5. The van der Waals surface area contributed by atoms with E-state index >= 15 is 0 Å². The number of carbonyl (C=O) groups is 1. The summed E-state index contributed by atoms with van der Waals surface area (Å²) < 4.78 is 37.9. The molecule has 116 valence electrons. The summed E-state index contributed by atoms with van der Waals surface area (Å²) in [6.45, 7) is 0. The molecule has 9 heteroatoms. The molecule has 0 aliphatic rings. The molecular formula is C13H9ClF3N3O2. The van der Waals surface area contributed by atoms with Crippen molar-refractivity contribution < 1.29 is 23.1 Å². The van der Waals surface area contributed by atoms with Gasteiger partial charge in [-0.1, -0.05) is 11.6 Å². The van der Waals surface area contributed by atoms with Crippen molar-refractivity contribution >= 4 is 29.0 Å². The van der Waals surface area contributed by atoms with Gasteiger partial charge >= 0.3 is 12.2 Å². The summed E-state index contributed by atoms with van der Waals surface area (Å²) in [7, 11) is 0. The van der Waals surface area contributed by atoms with Crippen molar-refractivity contribution in [2.45, 2.75) is 6.18 Å². The molecule has 0 aliphatic carbocycles. The van der Waals surface area contributed by atoms with Crippen LogP contribution in [-0.2, 0) is 6.18 Å². The maximum atomic E-state index is 12.6. The van der Waals surface area contributed by atoms with Gasteiger partial charge in [-0.15, -0.1) is 0 Å². The van der Waals surface area contributed by atoms with E-state index in [4.69, 9.17) is 11.6 Å². The Kier molecular flexibility index (Phi) is 4.41. The number of aromatic nitrogens is 1. The van der Waals surface area contributed by atoms with E-state index in [0.717, 1.165) is 12.1 Å². The van der Waals surface area contributed by atoms with Gasteiger partial charge in [-0.3, -0.25) is 0 Å². The van der Waals surface area contributed by atoms with Crippen molar-refractivity contribution in [3.63, 3.8) is 0 Å². The van der Waals surface area contributed by atoms with E-state index in [1.165, 1.54) is 18.3 Å². The molecule has 2 aromatic rings. The van der Waals surface area contributed by atoms with Gasteiger partial charge in [0.05, 0.1) is 5.56 Å². The lowest BCUT2D eigenvalue weighted by molar-refractivity contribution is -0.138. The minimum absolute atomic E-state index is 0.122. The van der Waals surface area contributed by atoms with Gasteiger partial charge in [0.25, 0.3) is 0 Å². The largest absolute Gasteiger partial charge is 0.507 e. The molecule has 0 saturated heterocycles. The molecule has 0 aliphatic heterocycles. The van der Waals surface area contributed by atoms with Gasteiger partial charge in [-0.05, 0) is 30.3 Å². The standard InChI is InChI=1S/C13H9ClF3N3O2/c14-11-6-8(3-4-18-11)20-12(22)19-7-1-2-10(21)9(5-7)13(15,16)17/h1-6,21H,(H2,18,19,20,22). The Labute approximate surface area is 127 Å². The van der Waals surface area contributed by atoms with E-state index in [-0.39, 0.29) is 10.8 Å². The molecule has 2 rings (SSSR count). The molecule has 0 radical (unpaired) electrons. The van der Waals surface area contributed by atoms with Crippen molar-refractivity contribution in [1.29, 1.82) is 0 Å². The van der Waals surface area contributed by atoms with Crippen LogP contribution in [-0.4, -0.2) is 16.1 Å². The van der Waals surface area contributed by atoms with E-state index in [2.05, 4.69) is 15.6 Å². The van der Waals surface area contributed by atoms with Crippen LogP contribution in [0.1, 0.15) is 5.56 Å². The van der Waals surface area contributed by atoms with Gasteiger partial charge in [0.15, 0.2) is 0 Å². The van der Waals surface area contributed by atoms with Crippen molar-refractivity contribution in [3.05, 3.63) is 47.2 Å². The number of hydrogen-bond donors (Lipinski definition) is 3. The highest BCUT2D eigenvalue weighted by Gasteiger charge is 2.34. The third-order valence-electron chi connectivity index (χ3n) is 2.54. The van der Waals surface area contributed by atoms with Crippen LogP contribution in [0.5, 0.6) is 5.75 Å². The summed E-state index contributed by atoms with van der Waals surface area (Å²) in [5, 5.41) is 14.0. The highest BCUT2D eigenvalue weighted by molar-refractivity contribution is 6.29. The lowest BCUT2D eigenvalue weighted by atomic mass is 10.1. The minimum atomic E-state index is -4.73. The Morgan fingerprint density at radius 1 is 1.14 bits per heavy atom. The Morgan fingerprint density at radius 3 is 2.36 bits per heavy atom. The number of halogens is 4. The summed E-state index contributed by atoms with van der Waals surface area (Å²) in [4.78, 5) is 15.4. The van der Waals surface area contributed by atoms with Crippen LogP contribution in [0.4, 0.5) is 29.3 Å². The number of benzene rings is 1. The SMILES string of the molecule is O=C(Nc1ccnc(Cl)c1)Nc1ccc(O)c(C(F)(F)F)c1. The van der Waals surface area contributed by atoms with Crippen LogP contribution in [0.3, 0.4) is 0 Å². The number of anilines is 2. The number of phenols is 1. The van der Waals surface area contributed by atoms with E-state index in [0.29, 0.717) is 11.8 Å². The molecule has 22 heavy (non-hydrogen) atoms. The second kappa shape index (κ2) is 6.10. The van der Waals surface area contributed by atoms with E-state index in [1.807, 2.05) is 0 Å². The van der Waals surface area contributed by atoms with E-state index in [9.17, 15) is 23.1 Å². The zero-order valence-electron chi connectivity index (χ0n) is 10.8. The number of urea groups is 1. The second-order valence-electron chi connectivity index (χ2n) is 4.18. The molecular weight excluding hydrogens is 323 g/mol. The third-order valence-corrected chi connectivity index (χ3v) is 2.75. The molecule has 1 aromatic heterocycles. The Bertz CT molecular complexity index is 707. The first-order valence-corrected chi connectivity index (χ1v) is 6.23. The van der Waals surface area contributed by atoms with Crippen molar-refractivity contribution in [1.82, 2.24) is 4.98 Å². The zero-order chi connectivity index (χ0) is 16.3. The first-order chi connectivity index (χ1) is 10.3. The molecule has 0 fully saturated rings. The number of alkyl halides is 3. The Morgan fingerprint density at radius 2 is 1.77 bits per heavy atom. The number of rotatable bonds is 2. The maximum absolute atomic E-state index is 12.6. The Hall–Kier alpha value is -2.48. The van der Waals surface area contributed by atoms with E-state index in [1.54, 1.807) is 0 Å². The average molecular weight is 332 g/mol. The quantitative estimate of drug-likeness (QED) is 0.573.